The molecule has 1 atom stereocenters. The Labute approximate surface area is 165 Å². The van der Waals surface area contributed by atoms with Crippen LogP contribution in [-0.4, -0.2) is 18.7 Å². The van der Waals surface area contributed by atoms with E-state index >= 15 is 0 Å². The van der Waals surface area contributed by atoms with Crippen molar-refractivity contribution in [2.45, 2.75) is 19.8 Å². The van der Waals surface area contributed by atoms with Gasteiger partial charge in [-0.15, -0.1) is 0 Å². The average molecular weight is 370 g/mol. The summed E-state index contributed by atoms with van der Waals surface area (Å²) < 4.78 is 5.35. The molecule has 0 fully saturated rings. The second-order valence-electron chi connectivity index (χ2n) is 7.29. The van der Waals surface area contributed by atoms with E-state index in [1.165, 1.54) is 0 Å². The van der Waals surface area contributed by atoms with Crippen LogP contribution in [0.1, 0.15) is 38.8 Å². The first-order valence-corrected chi connectivity index (χ1v) is 9.47. The normalized spacial score (nSPS) is 15.4. The summed E-state index contributed by atoms with van der Waals surface area (Å²) in [5.74, 6) is 1.00. The Morgan fingerprint density at radius 1 is 1.00 bits per heavy atom. The molecule has 28 heavy (non-hydrogen) atoms. The van der Waals surface area contributed by atoms with Gasteiger partial charge in [0.2, 0.25) is 0 Å². The summed E-state index contributed by atoms with van der Waals surface area (Å²) in [4.78, 5) is 24.5. The second kappa shape index (κ2) is 7.43. The predicted molar refractivity (Wildman–Crippen MR) is 110 cm³/mol. The van der Waals surface area contributed by atoms with Crippen LogP contribution in [0.2, 0.25) is 0 Å². The Bertz CT molecular complexity index is 1050. The lowest BCUT2D eigenvalue weighted by Gasteiger charge is -2.10. The molecule has 3 aromatic carbocycles. The SMILES string of the molecule is COc1cccc(-c2cccc3c2CC(Cc2ccc(C(C)=O)cc2)C3=O)c1. The minimum absolute atomic E-state index is 0.0545. The fourth-order valence-electron chi connectivity index (χ4n) is 3.98. The van der Waals surface area contributed by atoms with Crippen LogP contribution in [0.15, 0.2) is 66.7 Å². The third-order valence-corrected chi connectivity index (χ3v) is 5.49. The molecule has 0 radical (unpaired) electrons. The molecule has 0 amide bonds. The molecule has 3 nitrogen and oxygen atoms in total. The second-order valence-corrected chi connectivity index (χ2v) is 7.29. The van der Waals surface area contributed by atoms with E-state index in [9.17, 15) is 9.59 Å². The van der Waals surface area contributed by atoms with Gasteiger partial charge in [0, 0.05) is 17.0 Å². The maximum atomic E-state index is 13.0. The van der Waals surface area contributed by atoms with Gasteiger partial charge < -0.3 is 4.74 Å². The molecule has 140 valence electrons. The fraction of sp³-hybridized carbons (Fsp3) is 0.200. The molecule has 0 saturated heterocycles. The minimum atomic E-state index is -0.0649. The molecular formula is C25H22O3. The lowest BCUT2D eigenvalue weighted by Crippen LogP contribution is -2.12. The number of carbonyl (C=O) groups excluding carboxylic acids is 2. The molecule has 0 aromatic heterocycles. The van der Waals surface area contributed by atoms with E-state index in [-0.39, 0.29) is 17.5 Å². The summed E-state index contributed by atoms with van der Waals surface area (Å²) >= 11 is 0. The molecule has 0 saturated carbocycles. The van der Waals surface area contributed by atoms with Gasteiger partial charge in [0.25, 0.3) is 0 Å². The quantitative estimate of drug-likeness (QED) is 0.583. The van der Waals surface area contributed by atoms with Crippen molar-refractivity contribution < 1.29 is 14.3 Å². The van der Waals surface area contributed by atoms with E-state index < -0.39 is 0 Å². The number of hydrogen-bond donors (Lipinski definition) is 0. The number of methoxy groups -OCH3 is 1. The van der Waals surface area contributed by atoms with Gasteiger partial charge in [-0.3, -0.25) is 9.59 Å². The van der Waals surface area contributed by atoms with Crippen molar-refractivity contribution in [1.82, 2.24) is 0 Å². The van der Waals surface area contributed by atoms with Gasteiger partial charge in [0.1, 0.15) is 5.75 Å². The van der Waals surface area contributed by atoms with Crippen molar-refractivity contribution in [2.75, 3.05) is 7.11 Å². The van der Waals surface area contributed by atoms with E-state index in [4.69, 9.17) is 4.74 Å². The highest BCUT2D eigenvalue weighted by Gasteiger charge is 2.32. The molecule has 4 rings (SSSR count). The highest BCUT2D eigenvalue weighted by atomic mass is 16.5. The zero-order chi connectivity index (χ0) is 19.7. The maximum absolute atomic E-state index is 13.0. The molecule has 1 unspecified atom stereocenters. The number of carbonyl (C=O) groups is 2. The van der Waals surface area contributed by atoms with Gasteiger partial charge >= 0.3 is 0 Å². The van der Waals surface area contributed by atoms with Crippen LogP contribution in [0.5, 0.6) is 5.75 Å². The van der Waals surface area contributed by atoms with Crippen molar-refractivity contribution in [1.29, 1.82) is 0 Å². The van der Waals surface area contributed by atoms with Gasteiger partial charge in [-0.25, -0.2) is 0 Å². The highest BCUT2D eigenvalue weighted by molar-refractivity contribution is 6.04. The summed E-state index contributed by atoms with van der Waals surface area (Å²) in [7, 11) is 1.66. The summed E-state index contributed by atoms with van der Waals surface area (Å²) in [5.41, 5.74) is 5.88. The Morgan fingerprint density at radius 3 is 2.43 bits per heavy atom. The molecular weight excluding hydrogens is 348 g/mol. The topological polar surface area (TPSA) is 43.4 Å². The minimum Gasteiger partial charge on any atom is -0.497 e. The number of fused-ring (bicyclic) bond motifs is 1. The third-order valence-electron chi connectivity index (χ3n) is 5.49. The lowest BCUT2D eigenvalue weighted by atomic mass is 9.94. The summed E-state index contributed by atoms with van der Waals surface area (Å²) in [6.07, 6.45) is 1.42. The first kappa shape index (κ1) is 18.2. The molecule has 0 spiro atoms. The zero-order valence-electron chi connectivity index (χ0n) is 16.1. The number of hydrogen-bond acceptors (Lipinski definition) is 3. The van der Waals surface area contributed by atoms with Gasteiger partial charge in [0.15, 0.2) is 11.6 Å². The molecule has 3 heteroatoms. The Morgan fingerprint density at radius 2 is 1.71 bits per heavy atom. The van der Waals surface area contributed by atoms with Gasteiger partial charge in [-0.05, 0) is 54.2 Å². The van der Waals surface area contributed by atoms with Crippen LogP contribution in [0.25, 0.3) is 11.1 Å². The van der Waals surface area contributed by atoms with Crippen LogP contribution in [0.3, 0.4) is 0 Å². The highest BCUT2D eigenvalue weighted by Crippen LogP contribution is 2.37. The Kier molecular flexibility index (Phi) is 4.82. The molecule has 0 aliphatic heterocycles. The van der Waals surface area contributed by atoms with Crippen molar-refractivity contribution in [3.8, 4) is 16.9 Å². The predicted octanol–water partition coefficient (Wildman–Crippen LogP) is 5.16. The summed E-state index contributed by atoms with van der Waals surface area (Å²) in [6.45, 7) is 1.56. The Hall–Kier alpha value is -3.20. The number of Topliss-reactive ketones (excluding diaryl/α,β-unsaturated/α-hetero) is 2. The number of ether oxygens (including phenoxy) is 1. The molecule has 1 aliphatic carbocycles. The molecule has 1 aliphatic rings. The molecule has 3 aromatic rings. The smallest absolute Gasteiger partial charge is 0.166 e. The van der Waals surface area contributed by atoms with E-state index in [1.54, 1.807) is 14.0 Å². The number of rotatable bonds is 5. The average Bonchev–Trinajstić information content (AvgIpc) is 3.04. The first-order chi connectivity index (χ1) is 13.6. The van der Waals surface area contributed by atoms with Crippen LogP contribution in [0, 0.1) is 5.92 Å². The van der Waals surface area contributed by atoms with E-state index in [2.05, 4.69) is 12.1 Å². The van der Waals surface area contributed by atoms with E-state index in [0.717, 1.165) is 40.0 Å². The molecule has 0 heterocycles. The van der Waals surface area contributed by atoms with Crippen molar-refractivity contribution in [2.24, 2.45) is 5.92 Å². The van der Waals surface area contributed by atoms with Crippen LogP contribution in [-0.2, 0) is 12.8 Å². The van der Waals surface area contributed by atoms with Crippen molar-refractivity contribution in [3.05, 3.63) is 89.0 Å². The summed E-state index contributed by atoms with van der Waals surface area (Å²) in [5, 5.41) is 0. The van der Waals surface area contributed by atoms with Crippen LogP contribution < -0.4 is 4.74 Å². The van der Waals surface area contributed by atoms with Crippen molar-refractivity contribution >= 4 is 11.6 Å². The largest absolute Gasteiger partial charge is 0.497 e. The monoisotopic (exact) mass is 370 g/mol. The van der Waals surface area contributed by atoms with Crippen molar-refractivity contribution in [3.63, 3.8) is 0 Å². The number of ketones is 2. The summed E-state index contributed by atoms with van der Waals surface area (Å²) in [6, 6.07) is 21.5. The number of benzene rings is 3. The standard InChI is InChI=1S/C25H22O3/c1-16(26)18-11-9-17(10-12-18)13-20-15-24-22(7-4-8-23(24)25(20)27)19-5-3-6-21(14-19)28-2/h3-12,14,20H,13,15H2,1-2H3. The van der Waals surface area contributed by atoms with E-state index in [0.29, 0.717) is 12.0 Å². The lowest BCUT2D eigenvalue weighted by molar-refractivity contribution is 0.0935. The molecule has 0 N–H and O–H groups in total. The first-order valence-electron chi connectivity index (χ1n) is 9.47. The van der Waals surface area contributed by atoms with E-state index in [1.807, 2.05) is 54.6 Å². The van der Waals surface area contributed by atoms with Crippen LogP contribution >= 0.6 is 0 Å². The molecule has 0 bridgehead atoms. The van der Waals surface area contributed by atoms with Gasteiger partial charge in [-0.2, -0.15) is 0 Å². The Balaban J connectivity index is 1.62. The van der Waals surface area contributed by atoms with Gasteiger partial charge in [0.05, 0.1) is 7.11 Å². The maximum Gasteiger partial charge on any atom is 0.166 e. The fourth-order valence-corrected chi connectivity index (χ4v) is 3.98. The zero-order valence-corrected chi connectivity index (χ0v) is 16.1. The van der Waals surface area contributed by atoms with Crippen LogP contribution in [0.4, 0.5) is 0 Å². The van der Waals surface area contributed by atoms with Gasteiger partial charge in [-0.1, -0.05) is 54.6 Å². The third kappa shape index (κ3) is 3.36.